The van der Waals surface area contributed by atoms with Crippen molar-refractivity contribution in [3.63, 3.8) is 0 Å². The number of nitrogens with one attached hydrogen (secondary N) is 3. The number of ether oxygens (including phenoxy) is 2. The average Bonchev–Trinajstić information content (AvgIpc) is 3.78. The van der Waals surface area contributed by atoms with Crippen LogP contribution in [0.15, 0.2) is 72.0 Å². The number of hydrogen-bond acceptors (Lipinski definition) is 10. The summed E-state index contributed by atoms with van der Waals surface area (Å²) in [6.45, 7) is 5.35. The first kappa shape index (κ1) is 37.0. The van der Waals surface area contributed by atoms with Gasteiger partial charge in [-0.25, -0.2) is 4.98 Å². The SMILES string of the molecule is C=C1CC(/C=N\c2cc(OCCCC(=O)Nc3cn(C)c(C(=O)Nc4cc(C(=O)NCc5ccc(N)cc5)n(C)c4)n3)c(OC)cc2C=O)N(C)C1. The summed E-state index contributed by atoms with van der Waals surface area (Å²) < 4.78 is 14.5. The molecular formula is C37H43N9O6. The summed E-state index contributed by atoms with van der Waals surface area (Å²) in [7, 11) is 6.81. The summed E-state index contributed by atoms with van der Waals surface area (Å²) in [5.41, 5.74) is 9.96. The number of carbonyl (C=O) groups excluding carboxylic acids is 4. The first-order valence-corrected chi connectivity index (χ1v) is 16.6. The minimum absolute atomic E-state index is 0.0608. The molecule has 15 heteroatoms. The van der Waals surface area contributed by atoms with E-state index in [1.54, 1.807) is 61.4 Å². The highest BCUT2D eigenvalue weighted by Gasteiger charge is 2.22. The molecule has 2 aromatic carbocycles. The van der Waals surface area contributed by atoms with E-state index in [1.165, 1.54) is 17.9 Å². The summed E-state index contributed by atoms with van der Waals surface area (Å²) in [6.07, 6.45) is 6.96. The van der Waals surface area contributed by atoms with Gasteiger partial charge in [0, 0.05) is 75.6 Å². The Hall–Kier alpha value is -6.22. The lowest BCUT2D eigenvalue weighted by Gasteiger charge is -2.15. The number of imidazole rings is 1. The van der Waals surface area contributed by atoms with Gasteiger partial charge in [-0.1, -0.05) is 24.3 Å². The molecule has 3 heterocycles. The first-order chi connectivity index (χ1) is 24.9. The van der Waals surface area contributed by atoms with Gasteiger partial charge in [0.15, 0.2) is 23.6 Å². The number of aryl methyl sites for hydroxylation is 2. The van der Waals surface area contributed by atoms with Crippen LogP contribution in [0.25, 0.3) is 0 Å². The summed E-state index contributed by atoms with van der Waals surface area (Å²) >= 11 is 0. The third-order valence-electron chi connectivity index (χ3n) is 8.44. The van der Waals surface area contributed by atoms with Crippen LogP contribution in [0, 0.1) is 0 Å². The van der Waals surface area contributed by atoms with Gasteiger partial charge >= 0.3 is 0 Å². The molecule has 15 nitrogen and oxygen atoms in total. The molecule has 1 atom stereocenters. The zero-order valence-electron chi connectivity index (χ0n) is 29.6. The van der Waals surface area contributed by atoms with Crippen LogP contribution < -0.4 is 31.2 Å². The Morgan fingerprint density at radius 1 is 1.04 bits per heavy atom. The largest absolute Gasteiger partial charge is 0.493 e. The fraction of sp³-hybridized carbons (Fsp3) is 0.297. The lowest BCUT2D eigenvalue weighted by atomic mass is 10.1. The lowest BCUT2D eigenvalue weighted by Crippen LogP contribution is -2.25. The van der Waals surface area contributed by atoms with Gasteiger partial charge in [-0.05, 0) is 49.7 Å². The fourth-order valence-corrected chi connectivity index (χ4v) is 5.67. The number of methoxy groups -OCH3 is 1. The Morgan fingerprint density at radius 2 is 1.81 bits per heavy atom. The smallest absolute Gasteiger partial charge is 0.291 e. The molecule has 1 saturated heterocycles. The number of nitrogens with two attached hydrogens (primary N) is 1. The number of carbonyl (C=O) groups is 4. The number of aliphatic imine (C=N–C) groups is 1. The predicted octanol–water partition coefficient (Wildman–Crippen LogP) is 4.10. The van der Waals surface area contributed by atoms with Crippen LogP contribution in [-0.4, -0.2) is 82.6 Å². The van der Waals surface area contributed by atoms with E-state index in [1.807, 2.05) is 19.2 Å². The molecule has 1 fully saturated rings. The van der Waals surface area contributed by atoms with E-state index in [0.29, 0.717) is 52.8 Å². The molecule has 4 aromatic rings. The van der Waals surface area contributed by atoms with Gasteiger partial charge in [0.2, 0.25) is 11.7 Å². The van der Waals surface area contributed by atoms with Gasteiger partial charge in [0.1, 0.15) is 5.69 Å². The van der Waals surface area contributed by atoms with Crippen LogP contribution in [0.5, 0.6) is 11.5 Å². The molecule has 0 spiro atoms. The van der Waals surface area contributed by atoms with E-state index < -0.39 is 5.91 Å². The quantitative estimate of drug-likeness (QED) is 0.0463. The fourth-order valence-electron chi connectivity index (χ4n) is 5.67. The maximum Gasteiger partial charge on any atom is 0.291 e. The van der Waals surface area contributed by atoms with E-state index in [-0.39, 0.29) is 42.5 Å². The minimum Gasteiger partial charge on any atom is -0.493 e. The molecule has 0 aliphatic carbocycles. The topological polar surface area (TPSA) is 187 Å². The van der Waals surface area contributed by atoms with Gasteiger partial charge in [-0.3, -0.25) is 29.1 Å². The van der Waals surface area contributed by atoms with Crippen LogP contribution in [-0.2, 0) is 25.4 Å². The Kier molecular flexibility index (Phi) is 11.9. The third kappa shape index (κ3) is 9.31. The van der Waals surface area contributed by atoms with Crippen molar-refractivity contribution in [1.82, 2.24) is 24.3 Å². The molecule has 0 bridgehead atoms. The number of likely N-dealkylation sites (tertiary alicyclic amines) is 1. The maximum absolute atomic E-state index is 13.1. The monoisotopic (exact) mass is 709 g/mol. The van der Waals surface area contributed by atoms with Gasteiger partial charge < -0.3 is 40.3 Å². The van der Waals surface area contributed by atoms with E-state index in [9.17, 15) is 19.2 Å². The van der Waals surface area contributed by atoms with Crippen LogP contribution in [0.3, 0.4) is 0 Å². The Morgan fingerprint density at radius 3 is 2.50 bits per heavy atom. The molecule has 272 valence electrons. The van der Waals surface area contributed by atoms with Gasteiger partial charge in [0.25, 0.3) is 11.8 Å². The molecule has 0 saturated carbocycles. The number of likely N-dealkylation sites (N-methyl/N-ethyl adjacent to an activating group) is 1. The van der Waals surface area contributed by atoms with Crippen LogP contribution in [0.1, 0.15) is 56.3 Å². The van der Waals surface area contributed by atoms with Gasteiger partial charge in [0.05, 0.1) is 25.1 Å². The van der Waals surface area contributed by atoms with E-state index in [0.717, 1.165) is 30.4 Å². The van der Waals surface area contributed by atoms with Crippen molar-refractivity contribution >= 4 is 53.1 Å². The summed E-state index contributed by atoms with van der Waals surface area (Å²) in [5.74, 6) is -0.104. The summed E-state index contributed by atoms with van der Waals surface area (Å²) in [4.78, 5) is 61.3. The number of aromatic nitrogens is 3. The molecule has 3 amide bonds. The molecule has 0 radical (unpaired) electrons. The normalized spacial score (nSPS) is 14.4. The Balaban J connectivity index is 1.11. The predicted molar refractivity (Wildman–Crippen MR) is 199 cm³/mol. The van der Waals surface area contributed by atoms with Crippen molar-refractivity contribution in [2.24, 2.45) is 19.1 Å². The van der Waals surface area contributed by atoms with Crippen LogP contribution >= 0.6 is 0 Å². The van der Waals surface area contributed by atoms with E-state index in [2.05, 4.69) is 37.4 Å². The van der Waals surface area contributed by atoms with Crippen molar-refractivity contribution in [2.75, 3.05) is 43.7 Å². The zero-order valence-corrected chi connectivity index (χ0v) is 29.6. The number of anilines is 3. The van der Waals surface area contributed by atoms with Crippen molar-refractivity contribution in [2.45, 2.75) is 31.8 Å². The Bertz CT molecular complexity index is 2000. The van der Waals surface area contributed by atoms with Crippen LogP contribution in [0.2, 0.25) is 0 Å². The number of hydrogen-bond donors (Lipinski definition) is 4. The number of benzene rings is 2. The molecule has 52 heavy (non-hydrogen) atoms. The second-order valence-electron chi connectivity index (χ2n) is 12.6. The highest BCUT2D eigenvalue weighted by molar-refractivity contribution is 6.03. The van der Waals surface area contributed by atoms with Crippen LogP contribution in [0.4, 0.5) is 22.9 Å². The molecule has 1 aliphatic rings. The zero-order chi connectivity index (χ0) is 37.4. The lowest BCUT2D eigenvalue weighted by molar-refractivity contribution is -0.116. The first-order valence-electron chi connectivity index (χ1n) is 16.6. The molecule has 5 rings (SSSR count). The second kappa shape index (κ2) is 16.7. The maximum atomic E-state index is 13.1. The van der Waals surface area contributed by atoms with E-state index in [4.69, 9.17) is 15.2 Å². The number of rotatable bonds is 15. The molecule has 2 aromatic heterocycles. The van der Waals surface area contributed by atoms with Gasteiger partial charge in [-0.15, -0.1) is 0 Å². The molecule has 1 unspecified atom stereocenters. The number of nitrogens with zero attached hydrogens (tertiary/aromatic N) is 5. The molecule has 5 N–H and O–H groups in total. The van der Waals surface area contributed by atoms with Crippen molar-refractivity contribution < 1.29 is 28.7 Å². The average molecular weight is 710 g/mol. The van der Waals surface area contributed by atoms with E-state index >= 15 is 0 Å². The summed E-state index contributed by atoms with van der Waals surface area (Å²) in [6, 6.07) is 12.1. The number of nitrogen functional groups attached to an aromatic ring is 1. The van der Waals surface area contributed by atoms with Crippen molar-refractivity contribution in [3.05, 3.63) is 89.7 Å². The molecule has 1 aliphatic heterocycles. The van der Waals surface area contributed by atoms with Crippen molar-refractivity contribution in [1.29, 1.82) is 0 Å². The van der Waals surface area contributed by atoms with Gasteiger partial charge in [-0.2, -0.15) is 0 Å². The third-order valence-corrected chi connectivity index (χ3v) is 8.44. The number of amides is 3. The molecular weight excluding hydrogens is 666 g/mol. The van der Waals surface area contributed by atoms with Crippen molar-refractivity contribution in [3.8, 4) is 11.5 Å². The second-order valence-corrected chi connectivity index (χ2v) is 12.6. The number of aldehydes is 1. The minimum atomic E-state index is -0.519. The summed E-state index contributed by atoms with van der Waals surface area (Å²) in [5, 5.41) is 8.32. The Labute approximate surface area is 301 Å². The standard InChI is InChI=1S/C37H43N9O6/c1-23-13-28(44(2)19-23)18-39-29-16-32(31(51-5)14-25(29)22-47)52-12-6-7-34(48)42-33-21-46(4)35(43-33)37(50)41-27-15-30(45(3)20-27)36(49)40-17-24-8-10-26(38)11-9-24/h8-11,14-16,18,20-22,28H,1,6-7,12-13,17,19,38H2,2-5H3,(H,40,49)(H,41,50)(H,42,48)/b39-18-. The highest BCUT2D eigenvalue weighted by Crippen LogP contribution is 2.35. The highest BCUT2D eigenvalue weighted by atomic mass is 16.5.